The molecule has 31 heavy (non-hydrogen) atoms. The molecule has 0 aliphatic carbocycles. The van der Waals surface area contributed by atoms with Gasteiger partial charge in [0.05, 0.1) is 10.1 Å². The van der Waals surface area contributed by atoms with Gasteiger partial charge in [0.15, 0.2) is 0 Å². The van der Waals surface area contributed by atoms with Crippen LogP contribution >= 0.6 is 11.8 Å². The molecule has 2 aromatic rings. The van der Waals surface area contributed by atoms with Crippen molar-refractivity contribution < 1.29 is 18.0 Å². The fourth-order valence-electron chi connectivity index (χ4n) is 3.93. The van der Waals surface area contributed by atoms with Crippen LogP contribution in [0.2, 0.25) is 0 Å². The summed E-state index contributed by atoms with van der Waals surface area (Å²) in [7, 11) is -3.61. The number of amides is 2. The number of rotatable bonds is 5. The molecule has 1 unspecified atom stereocenters. The first kappa shape index (κ1) is 21.9. The van der Waals surface area contributed by atoms with Crippen molar-refractivity contribution in [2.75, 3.05) is 18.4 Å². The number of nitrogens with one attached hydrogen (secondary N) is 2. The van der Waals surface area contributed by atoms with E-state index in [1.165, 1.54) is 28.9 Å². The van der Waals surface area contributed by atoms with Crippen LogP contribution in [0.15, 0.2) is 58.3 Å². The summed E-state index contributed by atoms with van der Waals surface area (Å²) in [6, 6.07) is 14.2. The van der Waals surface area contributed by atoms with Crippen LogP contribution in [0.1, 0.15) is 25.3 Å². The Kier molecular flexibility index (Phi) is 6.36. The van der Waals surface area contributed by atoms with Crippen molar-refractivity contribution in [1.82, 2.24) is 9.62 Å². The Morgan fingerprint density at radius 1 is 1.03 bits per heavy atom. The molecule has 2 N–H and O–H groups in total. The van der Waals surface area contributed by atoms with E-state index in [9.17, 15) is 18.0 Å². The van der Waals surface area contributed by atoms with E-state index >= 15 is 0 Å². The number of thioether (sulfide) groups is 1. The average Bonchev–Trinajstić information content (AvgIpc) is 3.19. The lowest BCUT2D eigenvalue weighted by atomic mass is 10.1. The zero-order chi connectivity index (χ0) is 22.0. The van der Waals surface area contributed by atoms with Crippen LogP contribution in [0, 0.1) is 0 Å². The lowest BCUT2D eigenvalue weighted by Crippen LogP contribution is -2.48. The van der Waals surface area contributed by atoms with Gasteiger partial charge in [0.25, 0.3) is 0 Å². The van der Waals surface area contributed by atoms with Gasteiger partial charge in [-0.3, -0.25) is 9.59 Å². The van der Waals surface area contributed by atoms with Crippen molar-refractivity contribution in [3.63, 3.8) is 0 Å². The molecule has 2 aliphatic heterocycles. The third kappa shape index (κ3) is 4.94. The van der Waals surface area contributed by atoms with Gasteiger partial charge in [-0.1, -0.05) is 18.2 Å². The van der Waals surface area contributed by atoms with E-state index < -0.39 is 10.0 Å². The van der Waals surface area contributed by atoms with Crippen molar-refractivity contribution in [2.24, 2.45) is 0 Å². The second-order valence-electron chi connectivity index (χ2n) is 7.81. The lowest BCUT2D eigenvalue weighted by Gasteiger charge is -2.32. The van der Waals surface area contributed by atoms with Gasteiger partial charge >= 0.3 is 0 Å². The highest BCUT2D eigenvalue weighted by Crippen LogP contribution is 2.37. The number of carbonyl (C=O) groups excluding carboxylic acids is 2. The first-order chi connectivity index (χ1) is 14.8. The molecular formula is C22H25N3O4S2. The van der Waals surface area contributed by atoms with Crippen LogP contribution in [0.25, 0.3) is 0 Å². The van der Waals surface area contributed by atoms with E-state index in [0.717, 1.165) is 11.3 Å². The number of nitrogens with zero attached hydrogens (tertiary/aromatic N) is 1. The quantitative estimate of drug-likeness (QED) is 0.717. The minimum atomic E-state index is -3.61. The number of carbonyl (C=O) groups is 2. The molecule has 0 bridgehead atoms. The maximum Gasteiger partial charge on any atom is 0.243 e. The summed E-state index contributed by atoms with van der Waals surface area (Å²) in [6.07, 6.45) is 1.90. The van der Waals surface area contributed by atoms with Crippen molar-refractivity contribution in [1.29, 1.82) is 0 Å². The molecule has 0 spiro atoms. The molecule has 1 fully saturated rings. The number of sulfonamides is 1. The monoisotopic (exact) mass is 459 g/mol. The average molecular weight is 460 g/mol. The first-order valence-electron chi connectivity index (χ1n) is 10.3. The van der Waals surface area contributed by atoms with E-state index in [2.05, 4.69) is 16.7 Å². The molecule has 164 valence electrons. The highest BCUT2D eigenvalue weighted by atomic mass is 32.2. The maximum atomic E-state index is 12.9. The molecule has 0 aromatic heterocycles. The number of hydrogen-bond acceptors (Lipinski definition) is 5. The van der Waals surface area contributed by atoms with Gasteiger partial charge in [-0.05, 0) is 55.2 Å². The predicted molar refractivity (Wildman–Crippen MR) is 120 cm³/mol. The van der Waals surface area contributed by atoms with E-state index in [0.29, 0.717) is 31.6 Å². The van der Waals surface area contributed by atoms with Gasteiger partial charge in [-0.2, -0.15) is 4.31 Å². The Morgan fingerprint density at radius 3 is 2.35 bits per heavy atom. The van der Waals surface area contributed by atoms with Crippen LogP contribution in [-0.4, -0.2) is 48.9 Å². The highest BCUT2D eigenvalue weighted by Gasteiger charge is 2.33. The van der Waals surface area contributed by atoms with E-state index in [1.807, 2.05) is 18.2 Å². The van der Waals surface area contributed by atoms with Gasteiger partial charge in [0.2, 0.25) is 21.8 Å². The van der Waals surface area contributed by atoms with Gasteiger partial charge in [0.1, 0.15) is 0 Å². The third-order valence-electron chi connectivity index (χ3n) is 5.55. The summed E-state index contributed by atoms with van der Waals surface area (Å²) in [5.74, 6) is -0.185. The SMILES string of the molecule is CC(=O)Nc1ccc(S(=O)(=O)N2CCC(NC(=O)C3Cc4ccccc4S3)CC2)cc1. The van der Waals surface area contributed by atoms with Crippen LogP contribution < -0.4 is 10.6 Å². The van der Waals surface area contributed by atoms with Gasteiger partial charge < -0.3 is 10.6 Å². The van der Waals surface area contributed by atoms with Crippen LogP contribution in [0.5, 0.6) is 0 Å². The summed E-state index contributed by atoms with van der Waals surface area (Å²) in [4.78, 5) is 25.2. The zero-order valence-corrected chi connectivity index (χ0v) is 18.8. The highest BCUT2D eigenvalue weighted by molar-refractivity contribution is 8.01. The molecule has 0 saturated carbocycles. The molecule has 2 amide bonds. The van der Waals surface area contributed by atoms with Crippen molar-refractivity contribution in [3.8, 4) is 0 Å². The topological polar surface area (TPSA) is 95.6 Å². The van der Waals surface area contributed by atoms with Gasteiger partial charge in [0, 0.05) is 36.6 Å². The van der Waals surface area contributed by atoms with E-state index in [-0.39, 0.29) is 28.0 Å². The zero-order valence-electron chi connectivity index (χ0n) is 17.2. The summed E-state index contributed by atoms with van der Waals surface area (Å²) in [6.45, 7) is 2.12. The molecule has 1 atom stereocenters. The number of anilines is 1. The molecular weight excluding hydrogens is 434 g/mol. The normalized spacial score (nSPS) is 19.6. The lowest BCUT2D eigenvalue weighted by molar-refractivity contribution is -0.121. The van der Waals surface area contributed by atoms with Crippen molar-refractivity contribution >= 4 is 39.3 Å². The fourth-order valence-corrected chi connectivity index (χ4v) is 6.60. The Morgan fingerprint density at radius 2 is 1.71 bits per heavy atom. The van der Waals surface area contributed by atoms with Crippen LogP contribution in [0.4, 0.5) is 5.69 Å². The summed E-state index contributed by atoms with van der Waals surface area (Å²) < 4.78 is 27.3. The fraction of sp³-hybridized carbons (Fsp3) is 0.364. The largest absolute Gasteiger partial charge is 0.352 e. The number of benzene rings is 2. The number of piperidine rings is 1. The van der Waals surface area contributed by atoms with Crippen LogP contribution in [0.3, 0.4) is 0 Å². The molecule has 9 heteroatoms. The summed E-state index contributed by atoms with van der Waals surface area (Å²) >= 11 is 1.60. The maximum absolute atomic E-state index is 12.9. The van der Waals surface area contributed by atoms with Crippen molar-refractivity contribution in [2.45, 2.75) is 47.3 Å². The summed E-state index contributed by atoms with van der Waals surface area (Å²) in [5, 5.41) is 5.61. The predicted octanol–water partition coefficient (Wildman–Crippen LogP) is 2.63. The molecule has 2 aromatic carbocycles. The standard InChI is InChI=1S/C22H25N3O4S2/c1-15(26)23-17-6-8-19(9-7-17)31(28,29)25-12-10-18(11-13-25)24-22(27)21-14-16-4-2-3-5-20(16)30-21/h2-9,18,21H,10-14H2,1H3,(H,23,26)(H,24,27). The number of fused-ring (bicyclic) bond motifs is 1. The van der Waals surface area contributed by atoms with Crippen molar-refractivity contribution in [3.05, 3.63) is 54.1 Å². The summed E-state index contributed by atoms with van der Waals surface area (Å²) in [5.41, 5.74) is 1.76. The van der Waals surface area contributed by atoms with Crippen LogP contribution in [-0.2, 0) is 26.0 Å². The molecule has 0 radical (unpaired) electrons. The van der Waals surface area contributed by atoms with Gasteiger partial charge in [-0.25, -0.2) is 8.42 Å². The first-order valence-corrected chi connectivity index (χ1v) is 12.6. The smallest absolute Gasteiger partial charge is 0.243 e. The second-order valence-corrected chi connectivity index (χ2v) is 11.0. The van der Waals surface area contributed by atoms with E-state index in [4.69, 9.17) is 0 Å². The Balaban J connectivity index is 1.31. The minimum absolute atomic E-state index is 0.0228. The molecule has 7 nitrogen and oxygen atoms in total. The minimum Gasteiger partial charge on any atom is -0.352 e. The van der Waals surface area contributed by atoms with Gasteiger partial charge in [-0.15, -0.1) is 11.8 Å². The second kappa shape index (κ2) is 9.02. The number of hydrogen-bond donors (Lipinski definition) is 2. The van der Waals surface area contributed by atoms with E-state index in [1.54, 1.807) is 23.9 Å². The Hall–Kier alpha value is -2.36. The molecule has 2 heterocycles. The third-order valence-corrected chi connectivity index (χ3v) is 8.78. The molecule has 1 saturated heterocycles. The molecule has 2 aliphatic rings. The Bertz CT molecular complexity index is 1050. The molecule has 4 rings (SSSR count). The Labute approximate surface area is 186 Å².